The van der Waals surface area contributed by atoms with Gasteiger partial charge in [0.15, 0.2) is 0 Å². The quantitative estimate of drug-likeness (QED) is 0.723. The number of carbonyl (C=O) groups excluding carboxylic acids is 1. The second-order valence-electron chi connectivity index (χ2n) is 7.61. The molecule has 1 saturated heterocycles. The summed E-state index contributed by atoms with van der Waals surface area (Å²) in [6, 6.07) is 0. The fourth-order valence-corrected chi connectivity index (χ4v) is 3.94. The molecule has 2 rings (SSSR count). The molecule has 1 saturated carbocycles. The molecule has 0 aromatic rings. The molecule has 1 heterocycles. The predicted molar refractivity (Wildman–Crippen MR) is 83.8 cm³/mol. The third-order valence-corrected chi connectivity index (χ3v) is 5.51. The maximum atomic E-state index is 11.6. The van der Waals surface area contributed by atoms with E-state index in [-0.39, 0.29) is 5.41 Å². The summed E-state index contributed by atoms with van der Waals surface area (Å²) in [5.74, 6) is 1.63. The van der Waals surface area contributed by atoms with E-state index in [9.17, 15) is 4.79 Å². The van der Waals surface area contributed by atoms with Crippen molar-refractivity contribution in [3.8, 4) is 0 Å². The van der Waals surface area contributed by atoms with Crippen molar-refractivity contribution in [3.63, 3.8) is 0 Å². The number of piperidine rings is 1. The van der Waals surface area contributed by atoms with Gasteiger partial charge in [0.05, 0.1) is 0 Å². The van der Waals surface area contributed by atoms with Crippen LogP contribution in [0.25, 0.3) is 0 Å². The Morgan fingerprint density at radius 2 is 1.80 bits per heavy atom. The highest BCUT2D eigenvalue weighted by atomic mass is 16.1. The minimum Gasteiger partial charge on any atom is -0.306 e. The van der Waals surface area contributed by atoms with Crippen molar-refractivity contribution in [2.24, 2.45) is 17.3 Å². The van der Waals surface area contributed by atoms with E-state index < -0.39 is 0 Å². The van der Waals surface area contributed by atoms with Gasteiger partial charge < -0.3 is 14.6 Å². The highest BCUT2D eigenvalue weighted by molar-refractivity contribution is 5.60. The van der Waals surface area contributed by atoms with Gasteiger partial charge in [0.1, 0.15) is 6.29 Å². The van der Waals surface area contributed by atoms with Crippen molar-refractivity contribution in [3.05, 3.63) is 0 Å². The van der Waals surface area contributed by atoms with E-state index in [0.29, 0.717) is 0 Å². The van der Waals surface area contributed by atoms with Gasteiger partial charge in [0, 0.05) is 18.5 Å². The van der Waals surface area contributed by atoms with Crippen LogP contribution in [0.2, 0.25) is 0 Å². The van der Waals surface area contributed by atoms with Gasteiger partial charge in [0.25, 0.3) is 0 Å². The van der Waals surface area contributed by atoms with E-state index in [0.717, 1.165) is 31.2 Å². The molecule has 116 valence electrons. The van der Waals surface area contributed by atoms with Gasteiger partial charge >= 0.3 is 0 Å². The van der Waals surface area contributed by atoms with Crippen LogP contribution in [0.4, 0.5) is 0 Å². The molecule has 0 aromatic carbocycles. The van der Waals surface area contributed by atoms with E-state index >= 15 is 0 Å². The Hall–Kier alpha value is -0.410. The third-order valence-electron chi connectivity index (χ3n) is 5.51. The normalized spacial score (nSPS) is 33.5. The Balaban J connectivity index is 1.80. The number of likely N-dealkylation sites (tertiary alicyclic amines) is 1. The standard InChI is InChI=1S/C17H32N2O/c1-15-4-8-17(14-20,9-5-15)13-19(3)12-16-6-10-18(2)11-7-16/h14-16H,4-13H2,1-3H3. The Morgan fingerprint density at radius 1 is 1.20 bits per heavy atom. The molecule has 1 aliphatic carbocycles. The lowest BCUT2D eigenvalue weighted by Gasteiger charge is -2.39. The maximum absolute atomic E-state index is 11.6. The van der Waals surface area contributed by atoms with Crippen molar-refractivity contribution in [2.45, 2.75) is 45.4 Å². The molecule has 0 atom stereocenters. The van der Waals surface area contributed by atoms with Gasteiger partial charge in [-0.15, -0.1) is 0 Å². The van der Waals surface area contributed by atoms with E-state index in [1.165, 1.54) is 51.6 Å². The van der Waals surface area contributed by atoms with Crippen LogP contribution in [-0.4, -0.2) is 56.4 Å². The molecule has 0 spiro atoms. The van der Waals surface area contributed by atoms with Crippen LogP contribution in [0.1, 0.15) is 45.4 Å². The SMILES string of the molecule is CC1CCC(C=O)(CN(C)CC2CCN(C)CC2)CC1. The smallest absolute Gasteiger partial charge is 0.127 e. The first-order chi connectivity index (χ1) is 9.53. The van der Waals surface area contributed by atoms with E-state index in [1.807, 2.05) is 0 Å². The number of nitrogens with zero attached hydrogens (tertiary/aromatic N) is 2. The van der Waals surface area contributed by atoms with Crippen LogP contribution in [0.3, 0.4) is 0 Å². The predicted octanol–water partition coefficient (Wildman–Crippen LogP) is 2.66. The zero-order chi connectivity index (χ0) is 14.6. The van der Waals surface area contributed by atoms with Gasteiger partial charge in [0.2, 0.25) is 0 Å². The van der Waals surface area contributed by atoms with E-state index in [4.69, 9.17) is 0 Å². The molecule has 1 aliphatic heterocycles. The molecule has 0 bridgehead atoms. The van der Waals surface area contributed by atoms with Gasteiger partial charge in [-0.3, -0.25) is 0 Å². The molecular formula is C17H32N2O. The van der Waals surface area contributed by atoms with Gasteiger partial charge in [-0.2, -0.15) is 0 Å². The molecule has 3 heteroatoms. The molecule has 3 nitrogen and oxygen atoms in total. The zero-order valence-corrected chi connectivity index (χ0v) is 13.6. The number of hydrogen-bond donors (Lipinski definition) is 0. The lowest BCUT2D eigenvalue weighted by atomic mass is 9.71. The lowest BCUT2D eigenvalue weighted by molar-refractivity contribution is -0.119. The lowest BCUT2D eigenvalue weighted by Crippen LogP contribution is -2.42. The summed E-state index contributed by atoms with van der Waals surface area (Å²) >= 11 is 0. The summed E-state index contributed by atoms with van der Waals surface area (Å²) in [5, 5.41) is 0. The van der Waals surface area contributed by atoms with Gasteiger partial charge in [-0.05, 0) is 77.5 Å². The summed E-state index contributed by atoms with van der Waals surface area (Å²) < 4.78 is 0. The first kappa shape index (κ1) is 16.0. The highest BCUT2D eigenvalue weighted by Gasteiger charge is 2.35. The number of aldehydes is 1. The Bertz CT molecular complexity index is 302. The molecule has 20 heavy (non-hydrogen) atoms. The summed E-state index contributed by atoms with van der Waals surface area (Å²) in [7, 11) is 4.42. The van der Waals surface area contributed by atoms with E-state index in [1.54, 1.807) is 0 Å². The summed E-state index contributed by atoms with van der Waals surface area (Å²) in [6.45, 7) is 6.91. The second-order valence-corrected chi connectivity index (χ2v) is 7.61. The van der Waals surface area contributed by atoms with E-state index in [2.05, 4.69) is 30.8 Å². The van der Waals surface area contributed by atoms with Crippen LogP contribution < -0.4 is 0 Å². The maximum Gasteiger partial charge on any atom is 0.127 e. The van der Waals surface area contributed by atoms with Crippen LogP contribution in [0, 0.1) is 17.3 Å². The monoisotopic (exact) mass is 280 g/mol. The average molecular weight is 280 g/mol. The van der Waals surface area contributed by atoms with Crippen molar-refractivity contribution in [1.29, 1.82) is 0 Å². The van der Waals surface area contributed by atoms with Crippen LogP contribution in [0.15, 0.2) is 0 Å². The molecule has 0 unspecified atom stereocenters. The molecule has 2 aliphatic rings. The first-order valence-electron chi connectivity index (χ1n) is 8.36. The van der Waals surface area contributed by atoms with Gasteiger partial charge in [-0.25, -0.2) is 0 Å². The minimum atomic E-state index is -0.0489. The summed E-state index contributed by atoms with van der Waals surface area (Å²) in [4.78, 5) is 16.5. The Labute approximate surface area is 124 Å². The van der Waals surface area contributed by atoms with Crippen molar-refractivity contribution >= 4 is 6.29 Å². The van der Waals surface area contributed by atoms with Crippen molar-refractivity contribution < 1.29 is 4.79 Å². The Kier molecular flexibility index (Phi) is 5.62. The molecule has 0 N–H and O–H groups in total. The summed E-state index contributed by atoms with van der Waals surface area (Å²) in [6.07, 6.45) is 8.52. The number of hydrogen-bond acceptors (Lipinski definition) is 3. The molecule has 0 radical (unpaired) electrons. The molecule has 0 aromatic heterocycles. The van der Waals surface area contributed by atoms with Gasteiger partial charge in [-0.1, -0.05) is 6.92 Å². The van der Waals surface area contributed by atoms with Crippen LogP contribution >= 0.6 is 0 Å². The molecule has 0 amide bonds. The Morgan fingerprint density at radius 3 is 2.35 bits per heavy atom. The topological polar surface area (TPSA) is 23.6 Å². The number of carbonyl (C=O) groups is 1. The average Bonchev–Trinajstić information content (AvgIpc) is 2.44. The molecule has 2 fully saturated rings. The van der Waals surface area contributed by atoms with Crippen LogP contribution in [0.5, 0.6) is 0 Å². The summed E-state index contributed by atoms with van der Waals surface area (Å²) in [5.41, 5.74) is -0.0489. The van der Waals surface area contributed by atoms with Crippen molar-refractivity contribution in [2.75, 3.05) is 40.3 Å². The zero-order valence-electron chi connectivity index (χ0n) is 13.6. The fraction of sp³-hybridized carbons (Fsp3) is 0.941. The third kappa shape index (κ3) is 4.29. The number of rotatable bonds is 5. The first-order valence-corrected chi connectivity index (χ1v) is 8.36. The minimum absolute atomic E-state index is 0.0489. The highest BCUT2D eigenvalue weighted by Crippen LogP contribution is 2.38. The largest absolute Gasteiger partial charge is 0.306 e. The fourth-order valence-electron chi connectivity index (χ4n) is 3.94. The molecular weight excluding hydrogens is 248 g/mol. The second kappa shape index (κ2) is 7.04. The van der Waals surface area contributed by atoms with Crippen LogP contribution in [-0.2, 0) is 4.79 Å². The van der Waals surface area contributed by atoms with Crippen molar-refractivity contribution in [1.82, 2.24) is 9.80 Å².